The summed E-state index contributed by atoms with van der Waals surface area (Å²) in [6.07, 6.45) is 3.92. The van der Waals surface area contributed by atoms with Crippen LogP contribution in [0.4, 0.5) is 8.78 Å². The van der Waals surface area contributed by atoms with Gasteiger partial charge < -0.3 is 9.72 Å². The Morgan fingerprint density at radius 1 is 1.00 bits per heavy atom. The summed E-state index contributed by atoms with van der Waals surface area (Å²) in [5.74, 6) is -0.435. The van der Waals surface area contributed by atoms with Gasteiger partial charge in [0.1, 0.15) is 11.5 Å². The second kappa shape index (κ2) is 6.59. The van der Waals surface area contributed by atoms with Crippen molar-refractivity contribution in [3.63, 3.8) is 0 Å². The maximum absolute atomic E-state index is 14.5. The van der Waals surface area contributed by atoms with Crippen LogP contribution >= 0.6 is 0 Å². The molecular weight excluding hydrogens is 334 g/mol. The second-order valence-electron chi connectivity index (χ2n) is 6.05. The SMILES string of the molecule is COc1cccc(Cc2c[nH]c3ncc(-c4cccc(F)c4)cc23)c1F. The number of H-pyrrole nitrogens is 1. The molecule has 130 valence electrons. The van der Waals surface area contributed by atoms with Crippen molar-refractivity contribution < 1.29 is 13.5 Å². The number of fused-ring (bicyclic) bond motifs is 1. The summed E-state index contributed by atoms with van der Waals surface area (Å²) < 4.78 is 33.0. The van der Waals surface area contributed by atoms with Crippen LogP contribution in [0.25, 0.3) is 22.2 Å². The van der Waals surface area contributed by atoms with Crippen molar-refractivity contribution in [2.75, 3.05) is 7.11 Å². The predicted molar refractivity (Wildman–Crippen MR) is 97.2 cm³/mol. The Bertz CT molecular complexity index is 1090. The molecule has 0 fully saturated rings. The van der Waals surface area contributed by atoms with Gasteiger partial charge in [-0.25, -0.2) is 13.8 Å². The summed E-state index contributed by atoms with van der Waals surface area (Å²) in [4.78, 5) is 7.52. The molecule has 0 saturated carbocycles. The van der Waals surface area contributed by atoms with Crippen LogP contribution in [0.5, 0.6) is 5.75 Å². The van der Waals surface area contributed by atoms with Crippen molar-refractivity contribution in [1.82, 2.24) is 9.97 Å². The highest BCUT2D eigenvalue weighted by Crippen LogP contribution is 2.28. The van der Waals surface area contributed by atoms with Crippen LogP contribution in [0, 0.1) is 11.6 Å². The Hall–Kier alpha value is -3.21. The summed E-state index contributed by atoms with van der Waals surface area (Å²) >= 11 is 0. The lowest BCUT2D eigenvalue weighted by molar-refractivity contribution is 0.384. The lowest BCUT2D eigenvalue weighted by Gasteiger charge is -2.07. The molecule has 0 amide bonds. The third-order valence-electron chi connectivity index (χ3n) is 4.42. The number of aromatic amines is 1. The first-order valence-corrected chi connectivity index (χ1v) is 8.19. The Morgan fingerprint density at radius 3 is 2.65 bits per heavy atom. The van der Waals surface area contributed by atoms with Gasteiger partial charge in [-0.3, -0.25) is 0 Å². The molecule has 4 rings (SSSR count). The molecule has 26 heavy (non-hydrogen) atoms. The van der Waals surface area contributed by atoms with E-state index in [-0.39, 0.29) is 17.4 Å². The number of halogens is 2. The van der Waals surface area contributed by atoms with E-state index in [2.05, 4.69) is 9.97 Å². The van der Waals surface area contributed by atoms with Crippen LogP contribution in [0.15, 0.2) is 60.9 Å². The molecule has 0 aliphatic carbocycles. The third-order valence-corrected chi connectivity index (χ3v) is 4.42. The Labute approximate surface area is 149 Å². The molecule has 0 bridgehead atoms. The van der Waals surface area contributed by atoms with E-state index in [1.807, 2.05) is 18.3 Å². The molecule has 2 heterocycles. The highest BCUT2D eigenvalue weighted by molar-refractivity contribution is 5.85. The molecular formula is C21H16F2N2O. The van der Waals surface area contributed by atoms with Crippen LogP contribution in [0.1, 0.15) is 11.1 Å². The van der Waals surface area contributed by atoms with Crippen LogP contribution < -0.4 is 4.74 Å². The van der Waals surface area contributed by atoms with E-state index < -0.39 is 0 Å². The standard InChI is InChI=1S/C21H16F2N2O/c1-26-19-7-3-5-14(20(19)23)8-16-12-25-21-18(16)10-15(11-24-21)13-4-2-6-17(22)9-13/h2-7,9-12H,8H2,1H3,(H,24,25). The summed E-state index contributed by atoms with van der Waals surface area (Å²) in [7, 11) is 1.45. The molecule has 2 aromatic carbocycles. The zero-order chi connectivity index (χ0) is 18.1. The Kier molecular flexibility index (Phi) is 4.13. The fourth-order valence-corrected chi connectivity index (χ4v) is 3.09. The van der Waals surface area contributed by atoms with Crippen molar-refractivity contribution in [3.8, 4) is 16.9 Å². The zero-order valence-electron chi connectivity index (χ0n) is 14.1. The highest BCUT2D eigenvalue weighted by atomic mass is 19.1. The number of benzene rings is 2. The lowest BCUT2D eigenvalue weighted by Crippen LogP contribution is -1.96. The maximum atomic E-state index is 14.5. The molecule has 5 heteroatoms. The highest BCUT2D eigenvalue weighted by Gasteiger charge is 2.13. The van der Waals surface area contributed by atoms with E-state index in [4.69, 9.17) is 4.74 Å². The lowest BCUT2D eigenvalue weighted by atomic mass is 10.0. The number of ether oxygens (including phenoxy) is 1. The molecule has 0 aliphatic rings. The van der Waals surface area contributed by atoms with Gasteiger partial charge in [0.25, 0.3) is 0 Å². The van der Waals surface area contributed by atoms with E-state index in [1.165, 1.54) is 19.2 Å². The summed E-state index contributed by atoms with van der Waals surface area (Å²) in [6.45, 7) is 0. The van der Waals surface area contributed by atoms with Gasteiger partial charge >= 0.3 is 0 Å². The van der Waals surface area contributed by atoms with Crippen molar-refractivity contribution in [2.45, 2.75) is 6.42 Å². The Balaban J connectivity index is 1.76. The average molecular weight is 350 g/mol. The largest absolute Gasteiger partial charge is 0.494 e. The quantitative estimate of drug-likeness (QED) is 0.555. The predicted octanol–water partition coefficient (Wildman–Crippen LogP) is 5.11. The number of pyridine rings is 1. The van der Waals surface area contributed by atoms with Crippen molar-refractivity contribution in [1.29, 1.82) is 0 Å². The number of nitrogens with one attached hydrogen (secondary N) is 1. The molecule has 0 spiro atoms. The van der Waals surface area contributed by atoms with Crippen molar-refractivity contribution in [3.05, 3.63) is 83.7 Å². The van der Waals surface area contributed by atoms with Gasteiger partial charge in [-0.15, -0.1) is 0 Å². The zero-order valence-corrected chi connectivity index (χ0v) is 14.1. The first-order chi connectivity index (χ1) is 12.7. The molecule has 2 aromatic heterocycles. The smallest absolute Gasteiger partial charge is 0.168 e. The number of methoxy groups -OCH3 is 1. The average Bonchev–Trinajstić information content (AvgIpc) is 3.05. The minimum absolute atomic E-state index is 0.223. The fraction of sp³-hybridized carbons (Fsp3) is 0.0952. The summed E-state index contributed by atoms with van der Waals surface area (Å²) in [5, 5.41) is 0.883. The second-order valence-corrected chi connectivity index (χ2v) is 6.05. The van der Waals surface area contributed by atoms with Gasteiger partial charge in [-0.2, -0.15) is 0 Å². The van der Waals surface area contributed by atoms with E-state index in [0.717, 1.165) is 22.1 Å². The van der Waals surface area contributed by atoms with Crippen LogP contribution in [0.2, 0.25) is 0 Å². The molecule has 3 nitrogen and oxygen atoms in total. The van der Waals surface area contributed by atoms with Gasteiger partial charge in [-0.05, 0) is 41.0 Å². The summed E-state index contributed by atoms with van der Waals surface area (Å²) in [5.41, 5.74) is 3.73. The molecule has 0 radical (unpaired) electrons. The normalized spacial score (nSPS) is 11.0. The van der Waals surface area contributed by atoms with E-state index in [0.29, 0.717) is 17.6 Å². The minimum atomic E-state index is -0.362. The number of hydrogen-bond donors (Lipinski definition) is 1. The summed E-state index contributed by atoms with van der Waals surface area (Å²) in [6, 6.07) is 13.4. The van der Waals surface area contributed by atoms with Gasteiger partial charge in [0, 0.05) is 29.8 Å². The van der Waals surface area contributed by atoms with E-state index in [9.17, 15) is 8.78 Å². The van der Waals surface area contributed by atoms with E-state index >= 15 is 0 Å². The monoisotopic (exact) mass is 350 g/mol. The molecule has 0 unspecified atom stereocenters. The Morgan fingerprint density at radius 2 is 1.85 bits per heavy atom. The fourth-order valence-electron chi connectivity index (χ4n) is 3.09. The van der Waals surface area contributed by atoms with Gasteiger partial charge in [0.2, 0.25) is 0 Å². The number of rotatable bonds is 4. The van der Waals surface area contributed by atoms with Crippen LogP contribution in [-0.2, 0) is 6.42 Å². The first-order valence-electron chi connectivity index (χ1n) is 8.19. The molecule has 0 atom stereocenters. The van der Waals surface area contributed by atoms with Gasteiger partial charge in [-0.1, -0.05) is 24.3 Å². The molecule has 0 aliphatic heterocycles. The first kappa shape index (κ1) is 16.3. The molecule has 1 N–H and O–H groups in total. The number of aromatic nitrogens is 2. The van der Waals surface area contributed by atoms with Crippen molar-refractivity contribution >= 4 is 11.0 Å². The number of nitrogens with zero attached hydrogens (tertiary/aromatic N) is 1. The molecule has 0 saturated heterocycles. The third kappa shape index (κ3) is 2.92. The van der Waals surface area contributed by atoms with Crippen LogP contribution in [0.3, 0.4) is 0 Å². The maximum Gasteiger partial charge on any atom is 0.168 e. The number of hydrogen-bond acceptors (Lipinski definition) is 2. The van der Waals surface area contributed by atoms with Gasteiger partial charge in [0.15, 0.2) is 11.6 Å². The van der Waals surface area contributed by atoms with Crippen LogP contribution in [-0.4, -0.2) is 17.1 Å². The molecule has 4 aromatic rings. The van der Waals surface area contributed by atoms with Gasteiger partial charge in [0.05, 0.1) is 7.11 Å². The van der Waals surface area contributed by atoms with Crippen molar-refractivity contribution in [2.24, 2.45) is 0 Å². The minimum Gasteiger partial charge on any atom is -0.494 e. The topological polar surface area (TPSA) is 37.9 Å². The van der Waals surface area contributed by atoms with E-state index in [1.54, 1.807) is 30.5 Å².